The normalized spacial score (nSPS) is 13.5. The topological polar surface area (TPSA) is 88.8 Å². The number of fused-ring (bicyclic) bond motifs is 1. The molecular formula is C24H28N6O. The van der Waals surface area contributed by atoms with Crippen molar-refractivity contribution in [1.29, 1.82) is 0 Å². The van der Waals surface area contributed by atoms with E-state index in [9.17, 15) is 5.11 Å². The molecule has 160 valence electrons. The van der Waals surface area contributed by atoms with Gasteiger partial charge in [0.15, 0.2) is 0 Å². The largest absolute Gasteiger partial charge is 0.507 e. The number of aromatic nitrogens is 5. The summed E-state index contributed by atoms with van der Waals surface area (Å²) >= 11 is 0. The lowest BCUT2D eigenvalue weighted by atomic mass is 9.98. The van der Waals surface area contributed by atoms with Gasteiger partial charge < -0.3 is 10.4 Å². The lowest BCUT2D eigenvalue weighted by Gasteiger charge is -2.25. The molecule has 7 heteroatoms. The number of nitrogens with zero attached hydrogens (tertiary/aromatic N) is 5. The Bertz CT molecular complexity index is 1190. The molecule has 0 amide bonds. The highest BCUT2D eigenvalue weighted by Gasteiger charge is 2.21. The van der Waals surface area contributed by atoms with E-state index in [-0.39, 0.29) is 5.75 Å². The molecule has 4 heterocycles. The molecule has 1 aliphatic rings. The fraction of sp³-hybridized carbons (Fsp3) is 0.333. The monoisotopic (exact) mass is 416 g/mol. The SMILES string of the molecule is CC.CCc1cc(-c2ccc(-c3ccc(C4CNC4)nn3)c(O)c2)nc2cn(C)nc12. The molecule has 7 nitrogen and oxygen atoms in total. The van der Waals surface area contributed by atoms with E-state index in [1.165, 1.54) is 0 Å². The van der Waals surface area contributed by atoms with Crippen LogP contribution in [0.2, 0.25) is 0 Å². The van der Waals surface area contributed by atoms with Crippen LogP contribution in [0.5, 0.6) is 5.75 Å². The van der Waals surface area contributed by atoms with Gasteiger partial charge in [-0.05, 0) is 42.3 Å². The molecule has 0 spiro atoms. The summed E-state index contributed by atoms with van der Waals surface area (Å²) < 4.78 is 1.78. The van der Waals surface area contributed by atoms with Gasteiger partial charge in [-0.2, -0.15) is 15.3 Å². The van der Waals surface area contributed by atoms with Crippen LogP contribution >= 0.6 is 0 Å². The predicted molar refractivity (Wildman–Crippen MR) is 123 cm³/mol. The van der Waals surface area contributed by atoms with Gasteiger partial charge in [0.2, 0.25) is 0 Å². The second-order valence-corrected chi connectivity index (χ2v) is 7.49. The summed E-state index contributed by atoms with van der Waals surface area (Å²) in [7, 11) is 1.90. The summed E-state index contributed by atoms with van der Waals surface area (Å²) in [6.45, 7) is 8.00. The van der Waals surface area contributed by atoms with Crippen molar-refractivity contribution in [3.05, 3.63) is 53.9 Å². The average Bonchev–Trinajstić information content (AvgIpc) is 3.14. The average molecular weight is 417 g/mol. The number of benzene rings is 1. The molecule has 0 radical (unpaired) electrons. The number of aromatic hydroxyl groups is 1. The third-order valence-corrected chi connectivity index (χ3v) is 5.50. The highest BCUT2D eigenvalue weighted by Crippen LogP contribution is 2.33. The number of nitrogens with one attached hydrogen (secondary N) is 1. The van der Waals surface area contributed by atoms with Crippen molar-refractivity contribution in [2.45, 2.75) is 33.1 Å². The molecule has 1 aliphatic heterocycles. The van der Waals surface area contributed by atoms with Crippen LogP contribution in [0.25, 0.3) is 33.5 Å². The van der Waals surface area contributed by atoms with E-state index in [1.54, 1.807) is 10.7 Å². The summed E-state index contributed by atoms with van der Waals surface area (Å²) in [5.74, 6) is 0.606. The van der Waals surface area contributed by atoms with Crippen molar-refractivity contribution < 1.29 is 5.11 Å². The summed E-state index contributed by atoms with van der Waals surface area (Å²) in [5, 5.41) is 27.1. The zero-order valence-corrected chi connectivity index (χ0v) is 18.4. The van der Waals surface area contributed by atoms with Crippen molar-refractivity contribution in [3.8, 4) is 28.3 Å². The van der Waals surface area contributed by atoms with E-state index < -0.39 is 0 Å². The van der Waals surface area contributed by atoms with E-state index in [2.05, 4.69) is 27.5 Å². The lowest BCUT2D eigenvalue weighted by molar-refractivity contribution is 0.436. The van der Waals surface area contributed by atoms with Crippen LogP contribution in [0.4, 0.5) is 0 Å². The van der Waals surface area contributed by atoms with Crippen LogP contribution in [0.1, 0.15) is 37.9 Å². The highest BCUT2D eigenvalue weighted by atomic mass is 16.3. The minimum atomic E-state index is 0.168. The number of hydrogen-bond acceptors (Lipinski definition) is 6. The van der Waals surface area contributed by atoms with Gasteiger partial charge in [-0.25, -0.2) is 4.98 Å². The molecule has 5 rings (SSSR count). The summed E-state index contributed by atoms with van der Waals surface area (Å²) in [6, 6.07) is 11.5. The molecule has 0 saturated carbocycles. The van der Waals surface area contributed by atoms with E-state index in [1.807, 2.05) is 57.4 Å². The number of hydrogen-bond donors (Lipinski definition) is 2. The van der Waals surface area contributed by atoms with E-state index in [0.29, 0.717) is 17.2 Å². The molecule has 1 saturated heterocycles. The van der Waals surface area contributed by atoms with Crippen LogP contribution < -0.4 is 5.32 Å². The van der Waals surface area contributed by atoms with Crippen molar-refractivity contribution >= 4 is 11.0 Å². The Morgan fingerprint density at radius 2 is 1.87 bits per heavy atom. The number of phenols is 1. The van der Waals surface area contributed by atoms with Crippen LogP contribution in [-0.4, -0.2) is 43.2 Å². The van der Waals surface area contributed by atoms with Crippen molar-refractivity contribution in [3.63, 3.8) is 0 Å². The second kappa shape index (κ2) is 8.81. The first kappa shape index (κ1) is 20.9. The third-order valence-electron chi connectivity index (χ3n) is 5.50. The van der Waals surface area contributed by atoms with Gasteiger partial charge in [0.1, 0.15) is 16.8 Å². The molecule has 3 aromatic heterocycles. The number of phenolic OH excluding ortho intramolecular Hbond substituents is 1. The maximum Gasteiger partial charge on any atom is 0.125 e. The summed E-state index contributed by atoms with van der Waals surface area (Å²) in [4.78, 5) is 4.74. The summed E-state index contributed by atoms with van der Waals surface area (Å²) in [6.07, 6.45) is 2.78. The van der Waals surface area contributed by atoms with Gasteiger partial charge in [-0.3, -0.25) is 4.68 Å². The summed E-state index contributed by atoms with van der Waals surface area (Å²) in [5.41, 5.74) is 6.92. The number of aryl methyl sites for hydroxylation is 2. The zero-order chi connectivity index (χ0) is 22.0. The fourth-order valence-corrected chi connectivity index (χ4v) is 3.71. The van der Waals surface area contributed by atoms with Gasteiger partial charge in [0.25, 0.3) is 0 Å². The van der Waals surface area contributed by atoms with E-state index in [0.717, 1.165) is 53.1 Å². The molecule has 4 aromatic rings. The molecule has 0 unspecified atom stereocenters. The minimum Gasteiger partial charge on any atom is -0.507 e. The van der Waals surface area contributed by atoms with Crippen molar-refractivity contribution in [2.24, 2.45) is 7.05 Å². The van der Waals surface area contributed by atoms with E-state index >= 15 is 0 Å². The van der Waals surface area contributed by atoms with Gasteiger partial charge in [0, 0.05) is 37.2 Å². The van der Waals surface area contributed by atoms with Crippen LogP contribution in [0.15, 0.2) is 42.6 Å². The maximum atomic E-state index is 10.7. The fourth-order valence-electron chi connectivity index (χ4n) is 3.71. The molecule has 0 atom stereocenters. The van der Waals surface area contributed by atoms with Crippen molar-refractivity contribution in [1.82, 2.24) is 30.3 Å². The molecular weight excluding hydrogens is 388 g/mol. The first-order valence-electron chi connectivity index (χ1n) is 10.8. The van der Waals surface area contributed by atoms with Gasteiger partial charge in [0.05, 0.1) is 23.3 Å². The van der Waals surface area contributed by atoms with Gasteiger partial charge in [-0.1, -0.05) is 26.8 Å². The quantitative estimate of drug-likeness (QED) is 0.521. The van der Waals surface area contributed by atoms with E-state index in [4.69, 9.17) is 4.98 Å². The third kappa shape index (κ3) is 4.01. The Balaban J connectivity index is 0.00000112. The van der Waals surface area contributed by atoms with Crippen molar-refractivity contribution in [2.75, 3.05) is 13.1 Å². The van der Waals surface area contributed by atoms with Gasteiger partial charge >= 0.3 is 0 Å². The molecule has 2 N–H and O–H groups in total. The number of rotatable bonds is 4. The highest BCUT2D eigenvalue weighted by molar-refractivity contribution is 5.82. The Morgan fingerprint density at radius 3 is 2.48 bits per heavy atom. The number of pyridine rings is 1. The first-order valence-corrected chi connectivity index (χ1v) is 10.8. The standard InChI is InChI=1S/C22H22N6O.C2H6/c1-3-13-8-19(24-20-12-28(2)27-22(13)20)14-4-5-16(21(29)9-14)18-7-6-17(25-26-18)15-10-23-11-15;1-2/h4-9,12,15,23,29H,3,10-11H2,1-2H3;1-2H3. The molecule has 0 bridgehead atoms. The molecule has 31 heavy (non-hydrogen) atoms. The Kier molecular flexibility index (Phi) is 5.95. The Hall–Kier alpha value is -3.32. The minimum absolute atomic E-state index is 0.168. The molecule has 0 aliphatic carbocycles. The lowest BCUT2D eigenvalue weighted by Crippen LogP contribution is -2.40. The maximum absolute atomic E-state index is 10.7. The first-order chi connectivity index (χ1) is 15.1. The van der Waals surface area contributed by atoms with Crippen LogP contribution in [0, 0.1) is 0 Å². The zero-order valence-electron chi connectivity index (χ0n) is 18.4. The predicted octanol–water partition coefficient (Wildman–Crippen LogP) is 4.07. The van der Waals surface area contributed by atoms with Crippen LogP contribution in [0.3, 0.4) is 0 Å². The van der Waals surface area contributed by atoms with Crippen LogP contribution in [-0.2, 0) is 13.5 Å². The molecule has 1 aromatic carbocycles. The Labute approximate surface area is 182 Å². The van der Waals surface area contributed by atoms with Gasteiger partial charge in [-0.15, -0.1) is 0 Å². The second-order valence-electron chi connectivity index (χ2n) is 7.49. The smallest absolute Gasteiger partial charge is 0.125 e. The Morgan fingerprint density at radius 1 is 1.06 bits per heavy atom. The molecule has 1 fully saturated rings.